The van der Waals surface area contributed by atoms with E-state index in [1.807, 2.05) is 0 Å². The number of halogens is 2. The van der Waals surface area contributed by atoms with E-state index in [4.69, 9.17) is 11.5 Å². The molecule has 1 amide bonds. The van der Waals surface area contributed by atoms with Gasteiger partial charge in [-0.15, -0.1) is 12.4 Å². The lowest BCUT2D eigenvalue weighted by atomic mass is 9.58. The average molecular weight is 527 g/mol. The van der Waals surface area contributed by atoms with E-state index in [0.29, 0.717) is 0 Å². The van der Waals surface area contributed by atoms with Crippen LogP contribution in [0.3, 0.4) is 0 Å². The van der Waals surface area contributed by atoms with Crippen molar-refractivity contribution in [3.05, 3.63) is 39.6 Å². The Hall–Kier alpha value is -3.35. The van der Waals surface area contributed by atoms with Crippen LogP contribution >= 0.6 is 12.4 Å². The maximum Gasteiger partial charge on any atom is 0.255 e. The summed E-state index contributed by atoms with van der Waals surface area (Å²) < 4.78 is 15.0. The molecule has 1 aromatic rings. The molecule has 0 aromatic heterocycles. The molecular weight excluding hydrogens is 499 g/mol. The molecule has 4 rings (SSSR count). The lowest BCUT2D eigenvalue weighted by Gasteiger charge is -2.50. The summed E-state index contributed by atoms with van der Waals surface area (Å²) in [6.07, 6.45) is -0.127. The van der Waals surface area contributed by atoms with E-state index in [0.717, 1.165) is 0 Å². The van der Waals surface area contributed by atoms with E-state index in [1.165, 1.54) is 38.0 Å². The summed E-state index contributed by atoms with van der Waals surface area (Å²) in [7, 11) is 6.15. The average Bonchev–Trinajstić information content (AvgIpc) is 2.74. The van der Waals surface area contributed by atoms with Crippen molar-refractivity contribution in [2.24, 2.45) is 17.6 Å². The summed E-state index contributed by atoms with van der Waals surface area (Å²) in [6, 6.07) is -1.11. The number of anilines is 2. The van der Waals surface area contributed by atoms with Crippen LogP contribution in [0.25, 0.3) is 0 Å². The molecule has 0 heterocycles. The third-order valence-corrected chi connectivity index (χ3v) is 7.29. The number of carbonyl (C=O) groups excluding carboxylic acids is 3. The Morgan fingerprint density at radius 2 is 1.72 bits per heavy atom. The number of allylic oxidation sites excluding steroid dienone is 1. The van der Waals surface area contributed by atoms with Crippen molar-refractivity contribution in [2.45, 2.75) is 24.5 Å². The number of nitrogens with two attached hydrogens (primary N) is 2. The molecule has 8 N–H and O–H groups in total. The molecule has 0 aliphatic heterocycles. The van der Waals surface area contributed by atoms with Gasteiger partial charge in [0.1, 0.15) is 22.8 Å². The van der Waals surface area contributed by atoms with Crippen molar-refractivity contribution < 1.29 is 39.2 Å². The van der Waals surface area contributed by atoms with Gasteiger partial charge in [0.25, 0.3) is 5.91 Å². The zero-order valence-corrected chi connectivity index (χ0v) is 20.8. The molecule has 0 radical (unpaired) electrons. The lowest BCUT2D eigenvalue weighted by molar-refractivity contribution is -0.148. The Balaban J connectivity index is 0.00000361. The fourth-order valence-corrected chi connectivity index (χ4v) is 5.82. The lowest BCUT2D eigenvalue weighted by Crippen LogP contribution is -2.63. The van der Waals surface area contributed by atoms with Crippen molar-refractivity contribution in [2.75, 3.05) is 38.8 Å². The molecule has 196 valence electrons. The summed E-state index contributed by atoms with van der Waals surface area (Å²) in [6.45, 7) is 0. The minimum absolute atomic E-state index is 0. The number of ketones is 2. The van der Waals surface area contributed by atoms with E-state index in [-0.39, 0.29) is 47.6 Å². The number of rotatable bonds is 3. The standard InChI is InChI=1S/C23H27FN4O7.ClH/c1-27(2)15-8-5-7-6-9-16(28(3)4)19(31)12(22(26)34)21(33)23(9,35)20(32)10(7)17(29)11(8)18(30)14(25)13(15)24;/h7,9,16,30-32,35H,5-6,25H2,1-4H3,(H2,26,34);1H. The molecule has 0 fully saturated rings. The molecule has 0 spiro atoms. The Kier molecular flexibility index (Phi) is 6.54. The minimum Gasteiger partial charge on any atom is -0.510 e. The summed E-state index contributed by atoms with van der Waals surface area (Å²) in [4.78, 5) is 41.7. The smallest absolute Gasteiger partial charge is 0.255 e. The highest BCUT2D eigenvalue weighted by molar-refractivity contribution is 6.25. The Bertz CT molecular complexity index is 1280. The van der Waals surface area contributed by atoms with Gasteiger partial charge in [-0.05, 0) is 38.4 Å². The molecule has 1 aromatic carbocycles. The molecule has 11 nitrogen and oxygen atoms in total. The number of aliphatic hydroxyl groups is 3. The van der Waals surface area contributed by atoms with Crippen LogP contribution in [0, 0.1) is 17.7 Å². The first kappa shape index (κ1) is 27.2. The molecule has 0 saturated carbocycles. The van der Waals surface area contributed by atoms with Gasteiger partial charge in [-0.25, -0.2) is 4.39 Å². The Labute approximate surface area is 211 Å². The predicted octanol–water partition coefficient (Wildman–Crippen LogP) is 0.330. The zero-order chi connectivity index (χ0) is 26.3. The SMILES string of the molecule is CN(C)c1c(F)c(N)c(O)c2c1CC1CC3C(N(C)C)C(O)=C(C(N)=O)C(=O)C3(O)C(O)=C1C2=O.Cl. The van der Waals surface area contributed by atoms with Crippen LogP contribution in [-0.4, -0.2) is 82.6 Å². The van der Waals surface area contributed by atoms with Crippen molar-refractivity contribution in [3.8, 4) is 5.75 Å². The number of likely N-dealkylation sites (N-methyl/N-ethyl adjacent to an activating group) is 1. The van der Waals surface area contributed by atoms with Crippen LogP contribution < -0.4 is 16.4 Å². The monoisotopic (exact) mass is 526 g/mol. The zero-order valence-electron chi connectivity index (χ0n) is 20.0. The van der Waals surface area contributed by atoms with Gasteiger partial charge < -0.3 is 36.8 Å². The largest absolute Gasteiger partial charge is 0.510 e. The van der Waals surface area contributed by atoms with E-state index in [9.17, 15) is 39.2 Å². The molecule has 0 saturated heterocycles. The number of phenolic OH excluding ortho intramolecular Hbond substituents is 1. The third-order valence-electron chi connectivity index (χ3n) is 7.29. The summed E-state index contributed by atoms with van der Waals surface area (Å²) in [5, 5.41) is 44.1. The van der Waals surface area contributed by atoms with E-state index in [2.05, 4.69) is 0 Å². The molecule has 36 heavy (non-hydrogen) atoms. The van der Waals surface area contributed by atoms with E-state index in [1.54, 1.807) is 0 Å². The van der Waals surface area contributed by atoms with Crippen LogP contribution in [0.15, 0.2) is 22.7 Å². The van der Waals surface area contributed by atoms with Gasteiger partial charge in [0.15, 0.2) is 23.0 Å². The quantitative estimate of drug-likeness (QED) is 0.182. The third kappa shape index (κ3) is 3.28. The van der Waals surface area contributed by atoms with Crippen molar-refractivity contribution in [1.29, 1.82) is 0 Å². The number of benzene rings is 1. The van der Waals surface area contributed by atoms with Crippen LogP contribution in [0.1, 0.15) is 22.3 Å². The number of carbonyl (C=O) groups is 3. The summed E-state index contributed by atoms with van der Waals surface area (Å²) in [5.41, 5.74) is 6.20. The van der Waals surface area contributed by atoms with Gasteiger partial charge in [0.05, 0.1) is 17.3 Å². The van der Waals surface area contributed by atoms with Crippen molar-refractivity contribution in [1.82, 2.24) is 4.90 Å². The first-order valence-corrected chi connectivity index (χ1v) is 10.8. The fraction of sp³-hybridized carbons (Fsp3) is 0.435. The summed E-state index contributed by atoms with van der Waals surface area (Å²) >= 11 is 0. The number of hydrogen-bond donors (Lipinski definition) is 6. The van der Waals surface area contributed by atoms with Gasteiger partial charge in [0, 0.05) is 25.6 Å². The number of aromatic hydroxyl groups is 1. The maximum absolute atomic E-state index is 15.0. The normalized spacial score (nSPS) is 27.4. The van der Waals surface area contributed by atoms with Crippen molar-refractivity contribution >= 4 is 41.3 Å². The maximum atomic E-state index is 15.0. The van der Waals surface area contributed by atoms with Gasteiger partial charge in [-0.1, -0.05) is 0 Å². The van der Waals surface area contributed by atoms with Crippen molar-refractivity contribution in [3.63, 3.8) is 0 Å². The van der Waals surface area contributed by atoms with Crippen LogP contribution in [0.5, 0.6) is 5.75 Å². The van der Waals surface area contributed by atoms with Gasteiger partial charge in [-0.3, -0.25) is 19.3 Å². The number of nitrogen functional groups attached to an aromatic ring is 1. The highest BCUT2D eigenvalue weighted by Crippen LogP contribution is 2.54. The highest BCUT2D eigenvalue weighted by atomic mass is 35.5. The molecular formula is C23H28ClFN4O7. The number of hydrogen-bond acceptors (Lipinski definition) is 10. The second-order valence-electron chi connectivity index (χ2n) is 9.64. The van der Waals surface area contributed by atoms with E-state index >= 15 is 0 Å². The van der Waals surface area contributed by atoms with Gasteiger partial charge >= 0.3 is 0 Å². The molecule has 4 atom stereocenters. The first-order valence-electron chi connectivity index (χ1n) is 10.8. The predicted molar refractivity (Wildman–Crippen MR) is 130 cm³/mol. The van der Waals surface area contributed by atoms with Gasteiger partial charge in [0.2, 0.25) is 5.78 Å². The van der Waals surface area contributed by atoms with Gasteiger partial charge in [-0.2, -0.15) is 0 Å². The molecule has 4 unspecified atom stereocenters. The second-order valence-corrected chi connectivity index (χ2v) is 9.64. The number of amides is 1. The molecule has 0 bridgehead atoms. The molecule has 13 heteroatoms. The van der Waals surface area contributed by atoms with E-state index < -0.39 is 75.3 Å². The first-order chi connectivity index (χ1) is 16.2. The number of primary amides is 1. The number of Topliss-reactive ketones (excluding diaryl/α,β-unsaturated/α-hetero) is 2. The van der Waals surface area contributed by atoms with Crippen LogP contribution in [-0.2, 0) is 16.0 Å². The number of fused-ring (bicyclic) bond motifs is 3. The van der Waals surface area contributed by atoms with Crippen LogP contribution in [0.4, 0.5) is 15.8 Å². The second kappa shape index (κ2) is 8.64. The summed E-state index contributed by atoms with van der Waals surface area (Å²) in [5.74, 6) is -8.90. The Morgan fingerprint density at radius 3 is 2.22 bits per heavy atom. The number of phenols is 1. The fourth-order valence-electron chi connectivity index (χ4n) is 5.82. The molecule has 3 aliphatic carbocycles. The molecule has 3 aliphatic rings. The highest BCUT2D eigenvalue weighted by Gasteiger charge is 2.63. The Morgan fingerprint density at radius 1 is 1.14 bits per heavy atom. The number of aliphatic hydroxyl groups excluding tert-OH is 2. The topological polar surface area (TPSA) is 191 Å². The number of nitrogens with zero attached hydrogens (tertiary/aromatic N) is 2. The minimum atomic E-state index is -2.74. The van der Waals surface area contributed by atoms with Crippen LogP contribution in [0.2, 0.25) is 0 Å².